The molecule has 4 nitrogen and oxygen atoms in total. The topological polar surface area (TPSA) is 41.6 Å². The molecule has 21 heavy (non-hydrogen) atoms. The molecular weight excluding hydrogens is 379 g/mol. The van der Waals surface area contributed by atoms with E-state index in [0.717, 1.165) is 25.2 Å². The van der Waals surface area contributed by atoms with Crippen LogP contribution >= 0.6 is 39.1 Å². The van der Waals surface area contributed by atoms with Crippen LogP contribution in [0.2, 0.25) is 10.0 Å². The van der Waals surface area contributed by atoms with E-state index in [1.165, 1.54) is 0 Å². The highest BCUT2D eigenvalue weighted by Gasteiger charge is 2.21. The molecule has 1 aliphatic heterocycles. The molecule has 1 fully saturated rings. The van der Waals surface area contributed by atoms with E-state index in [1.807, 2.05) is 18.2 Å². The zero-order valence-electron chi connectivity index (χ0n) is 11.4. The molecule has 1 aromatic rings. The molecule has 0 aliphatic carbocycles. The molecule has 1 aromatic carbocycles. The molecule has 0 unspecified atom stereocenters. The minimum atomic E-state index is -0.0276. The van der Waals surface area contributed by atoms with Crippen molar-refractivity contribution in [3.8, 4) is 0 Å². The summed E-state index contributed by atoms with van der Waals surface area (Å²) in [7, 11) is 0. The number of hydrogen-bond acceptors (Lipinski definition) is 3. The van der Waals surface area contributed by atoms with Crippen molar-refractivity contribution in [2.24, 2.45) is 0 Å². The van der Waals surface area contributed by atoms with Crippen molar-refractivity contribution in [1.29, 1.82) is 0 Å². The molecule has 1 amide bonds. The lowest BCUT2D eigenvalue weighted by Crippen LogP contribution is -2.47. The number of carbonyl (C=O) groups excluding carboxylic acids is 1. The Hall–Kier alpha value is -0.330. The molecular formula is C14H17BrCl2N2O2. The first kappa shape index (κ1) is 17.0. The Balaban J connectivity index is 1.85. The van der Waals surface area contributed by atoms with Crippen molar-refractivity contribution < 1.29 is 9.53 Å². The number of nitrogens with zero attached hydrogens (tertiary/aromatic N) is 1. The van der Waals surface area contributed by atoms with Crippen LogP contribution in [0.3, 0.4) is 0 Å². The monoisotopic (exact) mass is 394 g/mol. The van der Waals surface area contributed by atoms with Gasteiger partial charge in [-0.25, -0.2) is 0 Å². The highest BCUT2D eigenvalue weighted by Crippen LogP contribution is 2.23. The van der Waals surface area contributed by atoms with Crippen LogP contribution in [0.15, 0.2) is 18.2 Å². The van der Waals surface area contributed by atoms with Gasteiger partial charge in [-0.15, -0.1) is 0 Å². The van der Waals surface area contributed by atoms with E-state index in [0.29, 0.717) is 28.5 Å². The summed E-state index contributed by atoms with van der Waals surface area (Å²) in [5, 5.41) is 4.28. The van der Waals surface area contributed by atoms with Gasteiger partial charge in [0.1, 0.15) is 0 Å². The minimum absolute atomic E-state index is 0.0181. The summed E-state index contributed by atoms with van der Waals surface area (Å²) in [6.45, 7) is 3.63. The summed E-state index contributed by atoms with van der Waals surface area (Å²) in [6.07, 6.45) is 0.0181. The van der Waals surface area contributed by atoms with E-state index in [1.54, 1.807) is 0 Å². The van der Waals surface area contributed by atoms with Crippen molar-refractivity contribution >= 4 is 45.0 Å². The minimum Gasteiger partial charge on any atom is -0.374 e. The van der Waals surface area contributed by atoms with E-state index < -0.39 is 0 Å². The first-order valence-corrected chi connectivity index (χ1v) is 8.56. The van der Waals surface area contributed by atoms with Gasteiger partial charge in [-0.3, -0.25) is 9.69 Å². The highest BCUT2D eigenvalue weighted by atomic mass is 79.9. The molecule has 1 heterocycles. The first-order chi connectivity index (χ1) is 10.1. The van der Waals surface area contributed by atoms with Crippen LogP contribution in [0.5, 0.6) is 0 Å². The van der Waals surface area contributed by atoms with Crippen LogP contribution in [-0.4, -0.2) is 48.5 Å². The van der Waals surface area contributed by atoms with Crippen LogP contribution in [-0.2, 0) is 16.1 Å². The van der Waals surface area contributed by atoms with Gasteiger partial charge in [-0.1, -0.05) is 45.2 Å². The number of nitrogens with one attached hydrogen (secondary N) is 1. The average Bonchev–Trinajstić information content (AvgIpc) is 2.49. The maximum atomic E-state index is 11.2. The third-order valence-corrected chi connectivity index (χ3v) is 4.51. The fraction of sp³-hybridized carbons (Fsp3) is 0.500. The number of hydrogen-bond donors (Lipinski definition) is 1. The van der Waals surface area contributed by atoms with E-state index >= 15 is 0 Å². The zero-order chi connectivity index (χ0) is 15.2. The van der Waals surface area contributed by atoms with E-state index in [-0.39, 0.29) is 12.0 Å². The van der Waals surface area contributed by atoms with E-state index in [4.69, 9.17) is 27.9 Å². The van der Waals surface area contributed by atoms with Crippen molar-refractivity contribution in [2.75, 3.05) is 31.6 Å². The second-order valence-electron chi connectivity index (χ2n) is 4.91. The summed E-state index contributed by atoms with van der Waals surface area (Å²) < 4.78 is 5.66. The molecule has 1 aliphatic rings. The van der Waals surface area contributed by atoms with Gasteiger partial charge in [0.15, 0.2) is 0 Å². The maximum Gasteiger partial charge on any atom is 0.230 e. The number of amides is 1. The van der Waals surface area contributed by atoms with E-state index in [9.17, 15) is 4.79 Å². The van der Waals surface area contributed by atoms with Crippen LogP contribution in [0.4, 0.5) is 0 Å². The predicted octanol–water partition coefficient (Wildman–Crippen LogP) is 2.71. The van der Waals surface area contributed by atoms with Gasteiger partial charge in [0.05, 0.1) is 28.1 Å². The number of carbonyl (C=O) groups is 1. The number of rotatable bonds is 5. The normalized spacial score (nSPS) is 19.5. The van der Waals surface area contributed by atoms with Crippen molar-refractivity contribution in [3.63, 3.8) is 0 Å². The third kappa shape index (κ3) is 5.42. The molecule has 0 bridgehead atoms. The lowest BCUT2D eigenvalue weighted by Gasteiger charge is -2.33. The Kier molecular flexibility index (Phi) is 6.76. The second-order valence-corrected chi connectivity index (χ2v) is 6.29. The van der Waals surface area contributed by atoms with Gasteiger partial charge >= 0.3 is 0 Å². The summed E-state index contributed by atoms with van der Waals surface area (Å²) in [4.78, 5) is 13.5. The fourth-order valence-electron chi connectivity index (χ4n) is 2.22. The lowest BCUT2D eigenvalue weighted by molar-refractivity contribution is -0.119. The average molecular weight is 396 g/mol. The van der Waals surface area contributed by atoms with Crippen LogP contribution in [0.1, 0.15) is 5.56 Å². The maximum absolute atomic E-state index is 11.2. The van der Waals surface area contributed by atoms with Crippen LogP contribution in [0, 0.1) is 0 Å². The SMILES string of the molecule is O=C(CBr)NC[C@@H]1CN(Cc2ccc(Cl)c(Cl)c2)CCO1. The van der Waals surface area contributed by atoms with Gasteiger partial charge in [-0.05, 0) is 17.7 Å². The number of alkyl halides is 1. The fourth-order valence-corrected chi connectivity index (χ4v) is 2.74. The van der Waals surface area contributed by atoms with Gasteiger partial charge in [0, 0.05) is 26.2 Å². The molecule has 2 rings (SSSR count). The number of morpholine rings is 1. The summed E-state index contributed by atoms with van der Waals surface area (Å²) in [6, 6.07) is 5.68. The Morgan fingerprint density at radius 3 is 2.95 bits per heavy atom. The highest BCUT2D eigenvalue weighted by molar-refractivity contribution is 9.09. The molecule has 0 saturated carbocycles. The third-order valence-electron chi connectivity index (χ3n) is 3.26. The van der Waals surface area contributed by atoms with Gasteiger partial charge in [-0.2, -0.15) is 0 Å². The van der Waals surface area contributed by atoms with Crippen LogP contribution < -0.4 is 5.32 Å². The lowest BCUT2D eigenvalue weighted by atomic mass is 10.2. The number of ether oxygens (including phenoxy) is 1. The van der Waals surface area contributed by atoms with Gasteiger partial charge in [0.2, 0.25) is 5.91 Å². The second kappa shape index (κ2) is 8.34. The Bertz CT molecular complexity index is 502. The van der Waals surface area contributed by atoms with Gasteiger partial charge in [0.25, 0.3) is 0 Å². The molecule has 0 aromatic heterocycles. The largest absolute Gasteiger partial charge is 0.374 e. The number of benzene rings is 1. The molecule has 116 valence electrons. The standard InChI is InChI=1S/C14H17BrCl2N2O2/c15-6-14(20)18-7-11-9-19(3-4-21-11)8-10-1-2-12(16)13(17)5-10/h1-2,5,11H,3-4,6-9H2,(H,18,20)/t11-/m1/s1. The molecule has 0 spiro atoms. The van der Waals surface area contributed by atoms with Gasteiger partial charge < -0.3 is 10.1 Å². The Morgan fingerprint density at radius 2 is 2.24 bits per heavy atom. The summed E-state index contributed by atoms with van der Waals surface area (Å²) in [5.41, 5.74) is 1.12. The Labute approximate surface area is 142 Å². The zero-order valence-corrected chi connectivity index (χ0v) is 14.5. The quantitative estimate of drug-likeness (QED) is 0.779. The molecule has 7 heteroatoms. The molecule has 1 saturated heterocycles. The molecule has 1 N–H and O–H groups in total. The molecule has 1 atom stereocenters. The smallest absolute Gasteiger partial charge is 0.230 e. The van der Waals surface area contributed by atoms with E-state index in [2.05, 4.69) is 26.1 Å². The number of halogens is 3. The predicted molar refractivity (Wildman–Crippen MR) is 88.3 cm³/mol. The summed E-state index contributed by atoms with van der Waals surface area (Å²) in [5.74, 6) is -0.0276. The van der Waals surface area contributed by atoms with Crippen LogP contribution in [0.25, 0.3) is 0 Å². The van der Waals surface area contributed by atoms with Crippen molar-refractivity contribution in [2.45, 2.75) is 12.6 Å². The first-order valence-electron chi connectivity index (χ1n) is 6.69. The molecule has 0 radical (unpaired) electrons. The van der Waals surface area contributed by atoms with Crippen molar-refractivity contribution in [3.05, 3.63) is 33.8 Å². The van der Waals surface area contributed by atoms with Crippen molar-refractivity contribution in [1.82, 2.24) is 10.2 Å². The Morgan fingerprint density at radius 1 is 1.43 bits per heavy atom. The summed E-state index contributed by atoms with van der Waals surface area (Å²) >= 11 is 15.1.